The van der Waals surface area contributed by atoms with Gasteiger partial charge in [0.2, 0.25) is 10.0 Å². The Balaban J connectivity index is 2.19. The van der Waals surface area contributed by atoms with Crippen LogP contribution < -0.4 is 4.72 Å². The van der Waals surface area contributed by atoms with E-state index in [2.05, 4.69) is 14.7 Å². The van der Waals surface area contributed by atoms with E-state index in [0.717, 1.165) is 11.3 Å². The molecule has 0 atom stereocenters. The Bertz CT molecular complexity index is 699. The lowest BCUT2D eigenvalue weighted by Gasteiger charge is -2.10. The highest BCUT2D eigenvalue weighted by Crippen LogP contribution is 2.15. The summed E-state index contributed by atoms with van der Waals surface area (Å²) in [6.07, 6.45) is 2.28. The van der Waals surface area contributed by atoms with E-state index in [4.69, 9.17) is 0 Å². The van der Waals surface area contributed by atoms with Gasteiger partial charge in [-0.15, -0.1) is 0 Å². The molecule has 20 heavy (non-hydrogen) atoms. The second kappa shape index (κ2) is 6.11. The van der Waals surface area contributed by atoms with E-state index in [1.54, 1.807) is 24.4 Å². The lowest BCUT2D eigenvalue weighted by molar-refractivity contribution is 0.578. The molecule has 0 aliphatic carbocycles. The monoisotopic (exact) mass is 291 g/mol. The maximum atomic E-state index is 12.3. The van der Waals surface area contributed by atoms with Crippen molar-refractivity contribution in [1.29, 1.82) is 0 Å². The Labute approximate surface area is 119 Å². The van der Waals surface area contributed by atoms with Gasteiger partial charge in [-0.25, -0.2) is 23.1 Å². The van der Waals surface area contributed by atoms with E-state index in [1.807, 2.05) is 26.0 Å². The van der Waals surface area contributed by atoms with Gasteiger partial charge in [-0.3, -0.25) is 0 Å². The van der Waals surface area contributed by atoms with E-state index >= 15 is 0 Å². The highest BCUT2D eigenvalue weighted by molar-refractivity contribution is 7.89. The summed E-state index contributed by atoms with van der Waals surface area (Å²) >= 11 is 0. The molecule has 2 rings (SSSR count). The number of aromatic nitrogens is 2. The van der Waals surface area contributed by atoms with Gasteiger partial charge in [-0.05, 0) is 31.0 Å². The summed E-state index contributed by atoms with van der Waals surface area (Å²) in [6, 6.07) is 8.75. The van der Waals surface area contributed by atoms with Crippen LogP contribution in [0.1, 0.15) is 24.0 Å². The average Bonchev–Trinajstić information content (AvgIpc) is 2.45. The molecule has 1 N–H and O–H groups in total. The zero-order valence-electron chi connectivity index (χ0n) is 11.5. The predicted octanol–water partition coefficient (Wildman–Crippen LogP) is 1.83. The molecular formula is C14H17N3O2S. The van der Waals surface area contributed by atoms with Crippen LogP contribution in [0.3, 0.4) is 0 Å². The smallest absolute Gasteiger partial charge is 0.240 e. The van der Waals surface area contributed by atoms with Crippen LogP contribution in [0, 0.1) is 6.92 Å². The first-order valence-corrected chi connectivity index (χ1v) is 7.87. The van der Waals surface area contributed by atoms with E-state index in [0.29, 0.717) is 17.1 Å². The van der Waals surface area contributed by atoms with Crippen LogP contribution in [0.15, 0.2) is 41.4 Å². The first kappa shape index (κ1) is 14.6. The highest BCUT2D eigenvalue weighted by Gasteiger charge is 2.17. The molecule has 6 heteroatoms. The zero-order chi connectivity index (χ0) is 14.6. The molecule has 0 aliphatic heterocycles. The number of nitrogens with zero attached hydrogens (tertiary/aromatic N) is 2. The first-order chi connectivity index (χ1) is 9.53. The van der Waals surface area contributed by atoms with Gasteiger partial charge < -0.3 is 0 Å². The second-order valence-corrected chi connectivity index (χ2v) is 6.14. The Morgan fingerprint density at radius 2 is 1.95 bits per heavy atom. The summed E-state index contributed by atoms with van der Waals surface area (Å²) in [6.45, 7) is 3.85. The number of aryl methyl sites for hydroxylation is 2. The molecule has 0 saturated carbocycles. The second-order valence-electron chi connectivity index (χ2n) is 4.40. The number of rotatable bonds is 5. The van der Waals surface area contributed by atoms with Crippen molar-refractivity contribution in [2.75, 3.05) is 0 Å². The van der Waals surface area contributed by atoms with Crippen molar-refractivity contribution < 1.29 is 8.42 Å². The summed E-state index contributed by atoms with van der Waals surface area (Å²) in [7, 11) is -3.54. The van der Waals surface area contributed by atoms with Crippen molar-refractivity contribution in [2.45, 2.75) is 31.7 Å². The largest absolute Gasteiger partial charge is 0.241 e. The van der Waals surface area contributed by atoms with Crippen molar-refractivity contribution in [1.82, 2.24) is 14.7 Å². The lowest BCUT2D eigenvalue weighted by atomic mass is 10.2. The minimum absolute atomic E-state index is 0.0854. The number of benzene rings is 1. The molecule has 0 spiro atoms. The average molecular weight is 291 g/mol. The molecule has 1 aromatic heterocycles. The van der Waals surface area contributed by atoms with E-state index in [1.165, 1.54) is 0 Å². The molecule has 2 aromatic rings. The number of hydrogen-bond donors (Lipinski definition) is 1. The lowest BCUT2D eigenvalue weighted by Crippen LogP contribution is -2.25. The van der Waals surface area contributed by atoms with Gasteiger partial charge in [0.25, 0.3) is 0 Å². The summed E-state index contributed by atoms with van der Waals surface area (Å²) in [5.74, 6) is 0.461. The molecule has 0 fully saturated rings. The SMILES string of the molecule is CCc1ccccc1S(=O)(=O)NCc1nccc(C)n1. The maximum Gasteiger partial charge on any atom is 0.241 e. The van der Waals surface area contributed by atoms with Gasteiger partial charge in [-0.2, -0.15) is 0 Å². The van der Waals surface area contributed by atoms with Crippen LogP contribution in [-0.4, -0.2) is 18.4 Å². The molecule has 1 heterocycles. The highest BCUT2D eigenvalue weighted by atomic mass is 32.2. The van der Waals surface area contributed by atoms with Gasteiger partial charge in [0.15, 0.2) is 0 Å². The van der Waals surface area contributed by atoms with Crippen LogP contribution in [0.2, 0.25) is 0 Å². The maximum absolute atomic E-state index is 12.3. The standard InChI is InChI=1S/C14H17N3O2S/c1-3-12-6-4-5-7-13(12)20(18,19)16-10-14-15-9-8-11(2)17-14/h4-9,16H,3,10H2,1-2H3. The van der Waals surface area contributed by atoms with Crippen molar-refractivity contribution in [3.63, 3.8) is 0 Å². The Kier molecular flexibility index (Phi) is 4.46. The topological polar surface area (TPSA) is 72.0 Å². The number of hydrogen-bond acceptors (Lipinski definition) is 4. The molecule has 1 aromatic carbocycles. The van der Waals surface area contributed by atoms with Crippen LogP contribution in [0.5, 0.6) is 0 Å². The van der Waals surface area contributed by atoms with Crippen LogP contribution in [0.4, 0.5) is 0 Å². The normalized spacial score (nSPS) is 11.5. The van der Waals surface area contributed by atoms with Gasteiger partial charge in [0.05, 0.1) is 11.4 Å². The summed E-state index contributed by atoms with van der Waals surface area (Å²) in [4.78, 5) is 8.53. The molecule has 0 saturated heterocycles. The van der Waals surface area contributed by atoms with E-state index in [9.17, 15) is 8.42 Å². The molecule has 0 radical (unpaired) electrons. The molecule has 106 valence electrons. The van der Waals surface area contributed by atoms with Crippen molar-refractivity contribution in [3.05, 3.63) is 53.6 Å². The molecule has 0 bridgehead atoms. The Morgan fingerprint density at radius 3 is 2.65 bits per heavy atom. The van der Waals surface area contributed by atoms with Crippen LogP contribution in [-0.2, 0) is 23.0 Å². The van der Waals surface area contributed by atoms with Gasteiger partial charge in [0, 0.05) is 11.9 Å². The zero-order valence-corrected chi connectivity index (χ0v) is 12.3. The van der Waals surface area contributed by atoms with Gasteiger partial charge >= 0.3 is 0 Å². The van der Waals surface area contributed by atoms with Crippen LogP contribution >= 0.6 is 0 Å². The number of nitrogens with one attached hydrogen (secondary N) is 1. The van der Waals surface area contributed by atoms with E-state index < -0.39 is 10.0 Å². The quantitative estimate of drug-likeness (QED) is 0.912. The third-order valence-electron chi connectivity index (χ3n) is 2.91. The third-order valence-corrected chi connectivity index (χ3v) is 4.41. The summed E-state index contributed by atoms with van der Waals surface area (Å²) in [5, 5.41) is 0. The van der Waals surface area contributed by atoms with Crippen LogP contribution in [0.25, 0.3) is 0 Å². The molecule has 5 nitrogen and oxygen atoms in total. The molecule has 0 amide bonds. The molecular weight excluding hydrogens is 274 g/mol. The Morgan fingerprint density at radius 1 is 1.20 bits per heavy atom. The fourth-order valence-electron chi connectivity index (χ4n) is 1.88. The predicted molar refractivity (Wildman–Crippen MR) is 76.6 cm³/mol. The third kappa shape index (κ3) is 3.40. The van der Waals surface area contributed by atoms with Gasteiger partial charge in [-0.1, -0.05) is 25.1 Å². The number of sulfonamides is 1. The molecule has 0 unspecified atom stereocenters. The van der Waals surface area contributed by atoms with Gasteiger partial charge in [0.1, 0.15) is 5.82 Å². The fourth-order valence-corrected chi connectivity index (χ4v) is 3.17. The van der Waals surface area contributed by atoms with E-state index in [-0.39, 0.29) is 6.54 Å². The minimum atomic E-state index is -3.54. The Hall–Kier alpha value is -1.79. The fraction of sp³-hybridized carbons (Fsp3) is 0.286. The minimum Gasteiger partial charge on any atom is -0.240 e. The molecule has 0 aliphatic rings. The van der Waals surface area contributed by atoms with Crippen molar-refractivity contribution >= 4 is 10.0 Å². The first-order valence-electron chi connectivity index (χ1n) is 6.39. The summed E-state index contributed by atoms with van der Waals surface area (Å²) < 4.78 is 27.1. The van der Waals surface area contributed by atoms with Crippen molar-refractivity contribution in [2.24, 2.45) is 0 Å². The van der Waals surface area contributed by atoms with Crippen molar-refractivity contribution in [3.8, 4) is 0 Å². The summed E-state index contributed by atoms with van der Waals surface area (Å²) in [5.41, 5.74) is 1.60.